The Labute approximate surface area is 56.1 Å². The van der Waals surface area contributed by atoms with Crippen LogP contribution in [-0.4, -0.2) is 38.9 Å². The molecule has 1 aliphatic heterocycles. The predicted molar refractivity (Wildman–Crippen MR) is 35.9 cm³/mol. The largest absolute Gasteiger partial charge is 0.557 e. The Morgan fingerprint density at radius 2 is 2.22 bits per heavy atom. The highest BCUT2D eigenvalue weighted by Crippen LogP contribution is 2.07. The molecule has 1 unspecified atom stereocenters. The third kappa shape index (κ3) is 1.68. The Kier molecular flexibility index (Phi) is 2.11. The van der Waals surface area contributed by atoms with E-state index in [1.54, 1.807) is 0 Å². The van der Waals surface area contributed by atoms with Crippen LogP contribution in [0.3, 0.4) is 0 Å². The summed E-state index contributed by atoms with van der Waals surface area (Å²) in [6.07, 6.45) is 0.248. The zero-order valence-electron chi connectivity index (χ0n) is 6.13. The Morgan fingerprint density at radius 1 is 1.56 bits per heavy atom. The fourth-order valence-corrected chi connectivity index (χ4v) is 0.766. The fraction of sp³-hybridized carbons (Fsp3) is 1.00. The molecule has 0 saturated carbocycles. The van der Waals surface area contributed by atoms with E-state index in [1.807, 2.05) is 25.8 Å². The minimum Gasteiger partial charge on any atom is -0.394 e. The molecule has 1 saturated heterocycles. The Hall–Kier alpha value is -0.0551. The minimum absolute atomic E-state index is 0.125. The number of nitrogens with zero attached hydrogens (tertiary/aromatic N) is 1. The third-order valence-electron chi connectivity index (χ3n) is 1.24. The van der Waals surface area contributed by atoms with Crippen LogP contribution in [0.1, 0.15) is 6.92 Å². The first-order valence-electron chi connectivity index (χ1n) is 3.13. The molecule has 0 spiro atoms. The highest BCUT2D eigenvalue weighted by Gasteiger charge is 2.31. The molecule has 0 aromatic carbocycles. The van der Waals surface area contributed by atoms with Gasteiger partial charge in [-0.05, 0) is 21.0 Å². The van der Waals surface area contributed by atoms with Crippen LogP contribution in [0.15, 0.2) is 0 Å². The van der Waals surface area contributed by atoms with Crippen LogP contribution in [0.25, 0.3) is 0 Å². The van der Waals surface area contributed by atoms with E-state index >= 15 is 0 Å². The summed E-state index contributed by atoms with van der Waals surface area (Å²) < 4.78 is 10.6. The molecule has 1 rings (SSSR count). The number of rotatable bonds is 1. The maximum absolute atomic E-state index is 5.33. The summed E-state index contributed by atoms with van der Waals surface area (Å²) in [6.45, 7) is 2.71. The molecule has 1 atom stereocenters. The summed E-state index contributed by atoms with van der Waals surface area (Å²) in [7, 11) is 3.74. The van der Waals surface area contributed by atoms with Gasteiger partial charge in [-0.15, -0.1) is 0 Å². The summed E-state index contributed by atoms with van der Waals surface area (Å²) in [5.74, 6) is 0. The van der Waals surface area contributed by atoms with Gasteiger partial charge in [0.2, 0.25) is 0 Å². The van der Waals surface area contributed by atoms with Gasteiger partial charge in [0.1, 0.15) is 0 Å². The summed E-state index contributed by atoms with van der Waals surface area (Å²) in [5, 5.41) is 0. The second-order valence-corrected chi connectivity index (χ2v) is 2.55. The van der Waals surface area contributed by atoms with Gasteiger partial charge in [-0.25, -0.2) is 0 Å². The van der Waals surface area contributed by atoms with Gasteiger partial charge in [-0.3, -0.25) is 4.81 Å². The number of hydrogen-bond donors (Lipinski definition) is 0. The summed E-state index contributed by atoms with van der Waals surface area (Å²) in [4.78, 5) is 1.91. The van der Waals surface area contributed by atoms with E-state index in [0.717, 1.165) is 0 Å². The molecule has 1 heterocycles. The zero-order valence-corrected chi connectivity index (χ0v) is 6.13. The first-order valence-corrected chi connectivity index (χ1v) is 3.13. The van der Waals surface area contributed by atoms with Gasteiger partial charge >= 0.3 is 7.25 Å². The van der Waals surface area contributed by atoms with E-state index in [-0.39, 0.29) is 13.4 Å². The molecule has 1 fully saturated rings. The first-order chi connectivity index (χ1) is 4.20. The lowest BCUT2D eigenvalue weighted by Gasteiger charge is -2.10. The predicted octanol–water partition coefficient (Wildman–Crippen LogP) is -0.0318. The molecule has 4 heteroatoms. The topological polar surface area (TPSA) is 21.7 Å². The zero-order chi connectivity index (χ0) is 6.85. The van der Waals surface area contributed by atoms with Crippen molar-refractivity contribution in [3.63, 3.8) is 0 Å². The molecular weight excluding hydrogens is 117 g/mol. The standard InChI is InChI=1S/C5H12BNO2/c1-5-4-8-6(9-5)7(2)3/h5H,4H2,1-3H3. The van der Waals surface area contributed by atoms with Crippen LogP contribution in [0.2, 0.25) is 0 Å². The van der Waals surface area contributed by atoms with Gasteiger partial charge in [0.05, 0.1) is 12.7 Å². The first kappa shape index (κ1) is 7.06. The van der Waals surface area contributed by atoms with E-state index in [1.165, 1.54) is 0 Å². The van der Waals surface area contributed by atoms with E-state index in [0.29, 0.717) is 6.61 Å². The second-order valence-electron chi connectivity index (χ2n) is 2.55. The maximum Gasteiger partial charge on any atom is 0.557 e. The molecular formula is C5H12BNO2. The molecule has 0 N–H and O–H groups in total. The van der Waals surface area contributed by atoms with Gasteiger partial charge in [0.15, 0.2) is 0 Å². The summed E-state index contributed by atoms with van der Waals surface area (Å²) >= 11 is 0. The molecule has 0 aromatic heterocycles. The van der Waals surface area contributed by atoms with Crippen molar-refractivity contribution < 1.29 is 9.31 Å². The van der Waals surface area contributed by atoms with Gasteiger partial charge in [0.25, 0.3) is 0 Å². The van der Waals surface area contributed by atoms with Crippen molar-refractivity contribution in [3.05, 3.63) is 0 Å². The number of hydrogen-bond acceptors (Lipinski definition) is 3. The SMILES string of the molecule is CC1COB(N(C)C)O1. The van der Waals surface area contributed by atoms with Crippen LogP contribution in [0.5, 0.6) is 0 Å². The smallest absolute Gasteiger partial charge is 0.394 e. The summed E-state index contributed by atoms with van der Waals surface area (Å²) in [6, 6.07) is 0. The molecule has 0 amide bonds. The quantitative estimate of drug-likeness (QED) is 0.464. The van der Waals surface area contributed by atoms with Crippen molar-refractivity contribution >= 4 is 7.25 Å². The van der Waals surface area contributed by atoms with E-state index in [2.05, 4.69) is 0 Å². The van der Waals surface area contributed by atoms with Gasteiger partial charge in [0, 0.05) is 0 Å². The molecule has 9 heavy (non-hydrogen) atoms. The summed E-state index contributed by atoms with van der Waals surface area (Å²) in [5.41, 5.74) is 0. The highest BCUT2D eigenvalue weighted by molar-refractivity contribution is 6.41. The van der Waals surface area contributed by atoms with Crippen molar-refractivity contribution in [2.45, 2.75) is 13.0 Å². The Morgan fingerprint density at radius 3 is 2.44 bits per heavy atom. The lowest BCUT2D eigenvalue weighted by molar-refractivity contribution is 0.244. The van der Waals surface area contributed by atoms with Gasteiger partial charge < -0.3 is 9.31 Å². The van der Waals surface area contributed by atoms with Crippen LogP contribution in [-0.2, 0) is 9.31 Å². The van der Waals surface area contributed by atoms with Crippen LogP contribution >= 0.6 is 0 Å². The third-order valence-corrected chi connectivity index (χ3v) is 1.24. The Bertz CT molecular complexity index is 99.0. The van der Waals surface area contributed by atoms with Crippen molar-refractivity contribution in [2.75, 3.05) is 20.7 Å². The van der Waals surface area contributed by atoms with Gasteiger partial charge in [-0.2, -0.15) is 0 Å². The maximum atomic E-state index is 5.33. The molecule has 52 valence electrons. The molecule has 1 aliphatic rings. The molecule has 0 bridgehead atoms. The van der Waals surface area contributed by atoms with Crippen LogP contribution < -0.4 is 0 Å². The monoisotopic (exact) mass is 129 g/mol. The lowest BCUT2D eigenvalue weighted by atomic mass is 10.1. The fourth-order valence-electron chi connectivity index (χ4n) is 0.766. The van der Waals surface area contributed by atoms with Crippen LogP contribution in [0.4, 0.5) is 0 Å². The molecule has 0 aliphatic carbocycles. The van der Waals surface area contributed by atoms with Crippen molar-refractivity contribution in [2.24, 2.45) is 0 Å². The second kappa shape index (κ2) is 2.69. The normalized spacial score (nSPS) is 28.0. The minimum atomic E-state index is -0.125. The van der Waals surface area contributed by atoms with Crippen molar-refractivity contribution in [1.82, 2.24) is 4.81 Å². The highest BCUT2D eigenvalue weighted by atomic mass is 16.7. The van der Waals surface area contributed by atoms with Crippen molar-refractivity contribution in [1.29, 1.82) is 0 Å². The molecule has 0 aromatic rings. The van der Waals surface area contributed by atoms with E-state index < -0.39 is 0 Å². The average Bonchev–Trinajstić information content (AvgIpc) is 2.14. The van der Waals surface area contributed by atoms with E-state index in [4.69, 9.17) is 9.31 Å². The molecule has 3 nitrogen and oxygen atoms in total. The Balaban J connectivity index is 2.30. The van der Waals surface area contributed by atoms with Gasteiger partial charge in [-0.1, -0.05) is 0 Å². The van der Waals surface area contributed by atoms with Crippen molar-refractivity contribution in [3.8, 4) is 0 Å². The lowest BCUT2D eigenvalue weighted by Crippen LogP contribution is -2.34. The molecule has 0 radical (unpaired) electrons. The average molecular weight is 129 g/mol. The van der Waals surface area contributed by atoms with E-state index in [9.17, 15) is 0 Å². The van der Waals surface area contributed by atoms with Crippen LogP contribution in [0, 0.1) is 0 Å².